The van der Waals surface area contributed by atoms with Gasteiger partial charge in [-0.25, -0.2) is 9.37 Å². The number of carbonyl (C=O) groups excluding carboxylic acids is 1. The molecule has 1 amide bonds. The number of anilines is 1. The van der Waals surface area contributed by atoms with Gasteiger partial charge in [0.25, 0.3) is 5.91 Å². The average molecular weight is 267 g/mol. The highest BCUT2D eigenvalue weighted by atomic mass is 19.1. The highest BCUT2D eigenvalue weighted by Crippen LogP contribution is 2.19. The van der Waals surface area contributed by atoms with Gasteiger partial charge in [-0.05, 0) is 19.9 Å². The minimum atomic E-state index is -0.609. The molecule has 0 aromatic carbocycles. The molecular formula is C13H18FN3O2. The first kappa shape index (κ1) is 13.7. The zero-order chi connectivity index (χ0) is 14.0. The molecule has 1 aliphatic rings. The van der Waals surface area contributed by atoms with Crippen molar-refractivity contribution in [1.82, 2.24) is 9.88 Å². The van der Waals surface area contributed by atoms with Crippen molar-refractivity contribution in [3.8, 4) is 0 Å². The molecule has 1 aliphatic heterocycles. The van der Waals surface area contributed by atoms with Crippen LogP contribution in [-0.4, -0.2) is 48.1 Å². The quantitative estimate of drug-likeness (QED) is 0.882. The monoisotopic (exact) mass is 267 g/mol. The summed E-state index contributed by atoms with van der Waals surface area (Å²) in [6.07, 6.45) is 1.35. The maximum atomic E-state index is 14.1. The number of morpholine rings is 1. The zero-order valence-corrected chi connectivity index (χ0v) is 11.3. The van der Waals surface area contributed by atoms with Gasteiger partial charge < -0.3 is 15.0 Å². The topological polar surface area (TPSA) is 54.5 Å². The number of aromatic nitrogens is 1. The predicted octanol–water partition coefficient (Wildman–Crippen LogP) is 1.51. The number of amides is 1. The number of pyridine rings is 1. The van der Waals surface area contributed by atoms with Gasteiger partial charge in [-0.15, -0.1) is 0 Å². The van der Waals surface area contributed by atoms with Gasteiger partial charge in [0.1, 0.15) is 0 Å². The SMILES string of the molecule is CNc1nccc(C(=O)N2CC(C)OC(C)C2)c1F. The molecule has 0 aliphatic carbocycles. The van der Waals surface area contributed by atoms with Crippen LogP contribution < -0.4 is 5.32 Å². The Hall–Kier alpha value is -1.69. The van der Waals surface area contributed by atoms with Crippen molar-refractivity contribution in [2.75, 3.05) is 25.5 Å². The minimum absolute atomic E-state index is 0.0404. The van der Waals surface area contributed by atoms with Crippen LogP contribution in [0.3, 0.4) is 0 Å². The van der Waals surface area contributed by atoms with E-state index >= 15 is 0 Å². The molecule has 1 aromatic heterocycles. The average Bonchev–Trinajstić information content (AvgIpc) is 2.37. The van der Waals surface area contributed by atoms with Crippen LogP contribution in [0, 0.1) is 5.82 Å². The minimum Gasteiger partial charge on any atom is -0.372 e. The first-order valence-corrected chi connectivity index (χ1v) is 6.30. The van der Waals surface area contributed by atoms with Gasteiger partial charge in [0.15, 0.2) is 11.6 Å². The Kier molecular flexibility index (Phi) is 3.99. The molecule has 2 atom stereocenters. The van der Waals surface area contributed by atoms with Gasteiger partial charge in [0, 0.05) is 26.3 Å². The lowest BCUT2D eigenvalue weighted by Crippen LogP contribution is -2.48. The van der Waals surface area contributed by atoms with E-state index < -0.39 is 5.82 Å². The van der Waals surface area contributed by atoms with Crippen LogP contribution >= 0.6 is 0 Å². The molecule has 6 heteroatoms. The largest absolute Gasteiger partial charge is 0.372 e. The molecule has 2 heterocycles. The van der Waals surface area contributed by atoms with Crippen LogP contribution in [0.25, 0.3) is 0 Å². The summed E-state index contributed by atoms with van der Waals surface area (Å²) >= 11 is 0. The number of halogens is 1. The molecular weight excluding hydrogens is 249 g/mol. The van der Waals surface area contributed by atoms with E-state index in [0.29, 0.717) is 13.1 Å². The Balaban J connectivity index is 2.24. The summed E-state index contributed by atoms with van der Waals surface area (Å²) in [4.78, 5) is 17.8. The molecule has 2 unspecified atom stereocenters. The van der Waals surface area contributed by atoms with Crippen LogP contribution in [0.15, 0.2) is 12.3 Å². The summed E-state index contributed by atoms with van der Waals surface area (Å²) in [5.74, 6) is -0.847. The van der Waals surface area contributed by atoms with E-state index in [2.05, 4.69) is 10.3 Å². The lowest BCUT2D eigenvalue weighted by Gasteiger charge is -2.35. The Morgan fingerprint density at radius 2 is 2.11 bits per heavy atom. The molecule has 1 fully saturated rings. The van der Waals surface area contributed by atoms with Gasteiger partial charge in [-0.2, -0.15) is 0 Å². The lowest BCUT2D eigenvalue weighted by molar-refractivity contribution is -0.0587. The van der Waals surface area contributed by atoms with Gasteiger partial charge in [0.05, 0.1) is 17.8 Å². The number of rotatable bonds is 2. The molecule has 5 nitrogen and oxygen atoms in total. The van der Waals surface area contributed by atoms with Crippen molar-refractivity contribution in [1.29, 1.82) is 0 Å². The normalized spacial score (nSPS) is 23.3. The van der Waals surface area contributed by atoms with Crippen molar-refractivity contribution in [3.05, 3.63) is 23.6 Å². The fourth-order valence-corrected chi connectivity index (χ4v) is 2.30. The Labute approximate surface area is 111 Å². The number of ether oxygens (including phenoxy) is 1. The van der Waals surface area contributed by atoms with E-state index in [9.17, 15) is 9.18 Å². The second kappa shape index (κ2) is 5.52. The van der Waals surface area contributed by atoms with Crippen molar-refractivity contribution in [2.24, 2.45) is 0 Å². The fraction of sp³-hybridized carbons (Fsp3) is 0.538. The summed E-state index contributed by atoms with van der Waals surface area (Å²) in [6.45, 7) is 4.75. The van der Waals surface area contributed by atoms with E-state index in [1.165, 1.54) is 12.3 Å². The third kappa shape index (κ3) is 2.84. The van der Waals surface area contributed by atoms with Crippen LogP contribution in [0.2, 0.25) is 0 Å². The molecule has 0 radical (unpaired) electrons. The molecule has 1 aromatic rings. The van der Waals surface area contributed by atoms with Gasteiger partial charge in [-0.1, -0.05) is 0 Å². The van der Waals surface area contributed by atoms with Crippen molar-refractivity contribution >= 4 is 11.7 Å². The highest BCUT2D eigenvalue weighted by Gasteiger charge is 2.28. The number of hydrogen-bond acceptors (Lipinski definition) is 4. The number of nitrogens with zero attached hydrogens (tertiary/aromatic N) is 2. The van der Waals surface area contributed by atoms with E-state index in [4.69, 9.17) is 4.74 Å². The molecule has 0 spiro atoms. The summed E-state index contributed by atoms with van der Waals surface area (Å²) in [7, 11) is 1.57. The smallest absolute Gasteiger partial charge is 0.257 e. The van der Waals surface area contributed by atoms with Crippen molar-refractivity contribution < 1.29 is 13.9 Å². The van der Waals surface area contributed by atoms with Crippen LogP contribution in [-0.2, 0) is 4.74 Å². The van der Waals surface area contributed by atoms with E-state index in [1.54, 1.807) is 11.9 Å². The Morgan fingerprint density at radius 3 is 2.68 bits per heavy atom. The van der Waals surface area contributed by atoms with Gasteiger partial charge in [-0.3, -0.25) is 4.79 Å². The van der Waals surface area contributed by atoms with Crippen LogP contribution in [0.1, 0.15) is 24.2 Å². The fourth-order valence-electron chi connectivity index (χ4n) is 2.30. The van der Waals surface area contributed by atoms with Crippen LogP contribution in [0.4, 0.5) is 10.2 Å². The first-order chi connectivity index (χ1) is 9.02. The summed E-state index contributed by atoms with van der Waals surface area (Å²) in [5.41, 5.74) is 0.0423. The number of carbonyl (C=O) groups is 1. The van der Waals surface area contributed by atoms with Crippen molar-refractivity contribution in [2.45, 2.75) is 26.1 Å². The molecule has 2 rings (SSSR count). The number of nitrogens with one attached hydrogen (secondary N) is 1. The maximum Gasteiger partial charge on any atom is 0.257 e. The summed E-state index contributed by atoms with van der Waals surface area (Å²) in [6, 6.07) is 1.41. The first-order valence-electron chi connectivity index (χ1n) is 6.30. The highest BCUT2D eigenvalue weighted by molar-refractivity contribution is 5.95. The Morgan fingerprint density at radius 1 is 1.47 bits per heavy atom. The molecule has 19 heavy (non-hydrogen) atoms. The molecule has 1 N–H and O–H groups in total. The molecule has 1 saturated heterocycles. The standard InChI is InChI=1S/C13H18FN3O2/c1-8-6-17(7-9(2)19-8)13(18)10-4-5-16-12(15-3)11(10)14/h4-5,8-9H,6-7H2,1-3H3,(H,15,16). The third-order valence-corrected chi connectivity index (χ3v) is 3.06. The molecule has 104 valence electrons. The van der Waals surface area contributed by atoms with Crippen LogP contribution in [0.5, 0.6) is 0 Å². The second-order valence-electron chi connectivity index (χ2n) is 4.74. The number of hydrogen-bond donors (Lipinski definition) is 1. The predicted molar refractivity (Wildman–Crippen MR) is 69.7 cm³/mol. The lowest BCUT2D eigenvalue weighted by atomic mass is 10.1. The second-order valence-corrected chi connectivity index (χ2v) is 4.74. The van der Waals surface area contributed by atoms with E-state index in [0.717, 1.165) is 0 Å². The third-order valence-electron chi connectivity index (χ3n) is 3.06. The van der Waals surface area contributed by atoms with E-state index in [1.807, 2.05) is 13.8 Å². The molecule has 0 bridgehead atoms. The van der Waals surface area contributed by atoms with E-state index in [-0.39, 0.29) is 29.5 Å². The van der Waals surface area contributed by atoms with Crippen molar-refractivity contribution in [3.63, 3.8) is 0 Å². The maximum absolute atomic E-state index is 14.1. The summed E-state index contributed by atoms with van der Waals surface area (Å²) in [5, 5.41) is 2.63. The summed E-state index contributed by atoms with van der Waals surface area (Å²) < 4.78 is 19.6. The van der Waals surface area contributed by atoms with Gasteiger partial charge in [0.2, 0.25) is 0 Å². The zero-order valence-electron chi connectivity index (χ0n) is 11.3. The van der Waals surface area contributed by atoms with Gasteiger partial charge >= 0.3 is 0 Å². The molecule has 0 saturated carbocycles. The Bertz CT molecular complexity index is 471.